The molecule has 0 amide bonds. The fourth-order valence-electron chi connectivity index (χ4n) is 2.43. The summed E-state index contributed by atoms with van der Waals surface area (Å²) in [4.78, 5) is 4.65. The van der Waals surface area contributed by atoms with Gasteiger partial charge in [0.2, 0.25) is 0 Å². The molecule has 104 valence electrons. The van der Waals surface area contributed by atoms with Crippen LogP contribution in [0.25, 0.3) is 11.0 Å². The van der Waals surface area contributed by atoms with Crippen molar-refractivity contribution in [1.82, 2.24) is 9.55 Å². The molecular weight excluding hydrogens is 262 g/mol. The number of para-hydroxylation sites is 2. The molecule has 0 aliphatic carbocycles. The van der Waals surface area contributed by atoms with Gasteiger partial charge in [0.1, 0.15) is 18.1 Å². The van der Waals surface area contributed by atoms with Gasteiger partial charge in [-0.25, -0.2) is 4.98 Å². The minimum absolute atomic E-state index is 0.312. The second-order valence-corrected chi connectivity index (χ2v) is 4.79. The van der Waals surface area contributed by atoms with Gasteiger partial charge in [-0.3, -0.25) is 0 Å². The van der Waals surface area contributed by atoms with E-state index in [0.29, 0.717) is 13.0 Å². The molecule has 2 aromatic carbocycles. The van der Waals surface area contributed by atoms with Crippen molar-refractivity contribution in [3.8, 4) is 11.8 Å². The van der Waals surface area contributed by atoms with Crippen molar-refractivity contribution in [2.45, 2.75) is 13.0 Å². The molecule has 0 bridgehead atoms. The number of imidazole rings is 1. The second-order valence-electron chi connectivity index (χ2n) is 4.79. The molecule has 0 radical (unpaired) electrons. The van der Waals surface area contributed by atoms with Gasteiger partial charge in [0.05, 0.1) is 24.2 Å². The highest BCUT2D eigenvalue weighted by Gasteiger charge is 2.10. The molecule has 1 heterocycles. The Balaban J connectivity index is 1.99. The Hall–Kier alpha value is -2.80. The van der Waals surface area contributed by atoms with Crippen LogP contribution in [0.4, 0.5) is 0 Å². The summed E-state index contributed by atoms with van der Waals surface area (Å²) in [6.07, 6.45) is 0.695. The number of benzene rings is 2. The lowest BCUT2D eigenvalue weighted by Crippen LogP contribution is -2.03. The highest BCUT2D eigenvalue weighted by atomic mass is 16.5. The third-order valence-electron chi connectivity index (χ3n) is 3.48. The smallest absolute Gasteiger partial charge is 0.118 e. The third kappa shape index (κ3) is 2.59. The zero-order valence-corrected chi connectivity index (χ0v) is 11.8. The number of nitrogens with zero attached hydrogens (tertiary/aromatic N) is 3. The molecule has 0 spiro atoms. The van der Waals surface area contributed by atoms with Crippen molar-refractivity contribution in [2.75, 3.05) is 7.11 Å². The lowest BCUT2D eigenvalue weighted by molar-refractivity contribution is 0.414. The summed E-state index contributed by atoms with van der Waals surface area (Å²) in [5.41, 5.74) is 3.07. The zero-order valence-electron chi connectivity index (χ0n) is 11.8. The molecule has 0 N–H and O–H groups in total. The topological polar surface area (TPSA) is 50.8 Å². The summed E-state index contributed by atoms with van der Waals surface area (Å²) in [7, 11) is 1.65. The lowest BCUT2D eigenvalue weighted by atomic mass is 10.1. The predicted molar refractivity (Wildman–Crippen MR) is 81.1 cm³/mol. The highest BCUT2D eigenvalue weighted by Crippen LogP contribution is 2.19. The zero-order chi connectivity index (χ0) is 14.7. The Kier molecular flexibility index (Phi) is 3.57. The van der Waals surface area contributed by atoms with Crippen LogP contribution in [-0.4, -0.2) is 16.7 Å². The van der Waals surface area contributed by atoms with Gasteiger partial charge in [-0.2, -0.15) is 5.26 Å². The van der Waals surface area contributed by atoms with Crippen LogP contribution in [0.15, 0.2) is 48.5 Å². The SMILES string of the molecule is COc1ccc(Cc2nc3ccccc3n2CC#N)cc1. The molecule has 4 nitrogen and oxygen atoms in total. The second kappa shape index (κ2) is 5.68. The van der Waals surface area contributed by atoms with Crippen LogP contribution in [-0.2, 0) is 13.0 Å². The normalized spacial score (nSPS) is 10.5. The molecule has 0 aliphatic heterocycles. The summed E-state index contributed by atoms with van der Waals surface area (Å²) in [5.74, 6) is 1.74. The lowest BCUT2D eigenvalue weighted by Gasteiger charge is -2.06. The molecule has 0 atom stereocenters. The van der Waals surface area contributed by atoms with Crippen molar-refractivity contribution in [2.24, 2.45) is 0 Å². The van der Waals surface area contributed by atoms with Crippen LogP contribution in [0.5, 0.6) is 5.75 Å². The molecule has 3 aromatic rings. The maximum atomic E-state index is 9.04. The monoisotopic (exact) mass is 277 g/mol. The van der Waals surface area contributed by atoms with Crippen LogP contribution in [0.1, 0.15) is 11.4 Å². The molecule has 0 saturated heterocycles. The Morgan fingerprint density at radius 1 is 1.14 bits per heavy atom. The van der Waals surface area contributed by atoms with Crippen LogP contribution in [0.2, 0.25) is 0 Å². The number of nitriles is 1. The van der Waals surface area contributed by atoms with E-state index in [1.807, 2.05) is 53.1 Å². The van der Waals surface area contributed by atoms with Crippen molar-refractivity contribution < 1.29 is 4.74 Å². The van der Waals surface area contributed by atoms with Gasteiger partial charge in [-0.05, 0) is 29.8 Å². The van der Waals surface area contributed by atoms with E-state index < -0.39 is 0 Å². The van der Waals surface area contributed by atoms with Crippen molar-refractivity contribution >= 4 is 11.0 Å². The first-order valence-corrected chi connectivity index (χ1v) is 6.76. The predicted octanol–water partition coefficient (Wildman–Crippen LogP) is 3.16. The molecule has 0 unspecified atom stereocenters. The Labute approximate surface area is 123 Å². The highest BCUT2D eigenvalue weighted by molar-refractivity contribution is 5.76. The summed E-state index contributed by atoms with van der Waals surface area (Å²) < 4.78 is 7.14. The maximum absolute atomic E-state index is 9.04. The molecule has 0 aliphatic rings. The fraction of sp³-hybridized carbons (Fsp3) is 0.176. The van der Waals surface area contributed by atoms with Gasteiger partial charge in [0.15, 0.2) is 0 Å². The van der Waals surface area contributed by atoms with Gasteiger partial charge in [-0.15, -0.1) is 0 Å². The summed E-state index contributed by atoms with van der Waals surface area (Å²) in [6.45, 7) is 0.312. The molecule has 1 aromatic heterocycles. The van der Waals surface area contributed by atoms with E-state index in [1.165, 1.54) is 0 Å². The minimum atomic E-state index is 0.312. The van der Waals surface area contributed by atoms with E-state index in [9.17, 15) is 0 Å². The quantitative estimate of drug-likeness (QED) is 0.736. The van der Waals surface area contributed by atoms with Crippen LogP contribution >= 0.6 is 0 Å². The van der Waals surface area contributed by atoms with Gasteiger partial charge in [0, 0.05) is 6.42 Å². The Morgan fingerprint density at radius 2 is 1.90 bits per heavy atom. The van der Waals surface area contributed by atoms with Crippen molar-refractivity contribution in [3.05, 3.63) is 59.9 Å². The molecular formula is C17H15N3O. The largest absolute Gasteiger partial charge is 0.497 e. The first-order chi connectivity index (χ1) is 10.3. The van der Waals surface area contributed by atoms with Crippen LogP contribution in [0, 0.1) is 11.3 Å². The van der Waals surface area contributed by atoms with E-state index in [1.54, 1.807) is 7.11 Å². The third-order valence-corrected chi connectivity index (χ3v) is 3.48. The van der Waals surface area contributed by atoms with Gasteiger partial charge < -0.3 is 9.30 Å². The minimum Gasteiger partial charge on any atom is -0.497 e. The summed E-state index contributed by atoms with van der Waals surface area (Å²) >= 11 is 0. The molecule has 0 saturated carbocycles. The number of ether oxygens (including phenoxy) is 1. The first-order valence-electron chi connectivity index (χ1n) is 6.76. The van der Waals surface area contributed by atoms with E-state index in [2.05, 4.69) is 11.1 Å². The average Bonchev–Trinajstić information content (AvgIpc) is 2.86. The van der Waals surface area contributed by atoms with E-state index in [4.69, 9.17) is 10.00 Å². The molecule has 21 heavy (non-hydrogen) atoms. The number of hydrogen-bond acceptors (Lipinski definition) is 3. The fourth-order valence-corrected chi connectivity index (χ4v) is 2.43. The van der Waals surface area contributed by atoms with Crippen molar-refractivity contribution in [3.63, 3.8) is 0 Å². The first kappa shape index (κ1) is 13.2. The van der Waals surface area contributed by atoms with Gasteiger partial charge >= 0.3 is 0 Å². The molecule has 0 fully saturated rings. The molecule has 3 rings (SSSR count). The number of methoxy groups -OCH3 is 1. The van der Waals surface area contributed by atoms with E-state index >= 15 is 0 Å². The van der Waals surface area contributed by atoms with Gasteiger partial charge in [0.25, 0.3) is 0 Å². The summed E-state index contributed by atoms with van der Waals surface area (Å²) in [5, 5.41) is 9.04. The summed E-state index contributed by atoms with van der Waals surface area (Å²) in [6, 6.07) is 18.0. The van der Waals surface area contributed by atoms with E-state index in [-0.39, 0.29) is 0 Å². The Morgan fingerprint density at radius 3 is 2.62 bits per heavy atom. The van der Waals surface area contributed by atoms with Crippen LogP contribution < -0.4 is 4.74 Å². The standard InChI is InChI=1S/C17H15N3O/c1-21-14-8-6-13(7-9-14)12-17-19-15-4-2-3-5-16(15)20(17)11-10-18/h2-9H,11-12H2,1H3. The number of aromatic nitrogens is 2. The average molecular weight is 277 g/mol. The Bertz CT molecular complexity index is 797. The number of hydrogen-bond donors (Lipinski definition) is 0. The number of fused-ring (bicyclic) bond motifs is 1. The van der Waals surface area contributed by atoms with Crippen LogP contribution in [0.3, 0.4) is 0 Å². The van der Waals surface area contributed by atoms with Crippen molar-refractivity contribution in [1.29, 1.82) is 5.26 Å². The van der Waals surface area contributed by atoms with Gasteiger partial charge in [-0.1, -0.05) is 24.3 Å². The van der Waals surface area contributed by atoms with E-state index in [0.717, 1.165) is 28.2 Å². The maximum Gasteiger partial charge on any atom is 0.118 e. The molecule has 4 heteroatoms. The number of rotatable bonds is 4.